The van der Waals surface area contributed by atoms with E-state index in [2.05, 4.69) is 43.0 Å². The molecule has 0 N–H and O–H groups in total. The lowest BCUT2D eigenvalue weighted by atomic mass is 9.82. The Morgan fingerprint density at radius 1 is 0.971 bits per heavy atom. The van der Waals surface area contributed by atoms with Crippen molar-refractivity contribution < 1.29 is 19.1 Å². The number of hydrogen-bond donors (Lipinski definition) is 0. The normalized spacial score (nSPS) is 22.4. The molecule has 0 bridgehead atoms. The van der Waals surface area contributed by atoms with Gasteiger partial charge in [-0.3, -0.25) is 19.3 Å². The van der Waals surface area contributed by atoms with Crippen molar-refractivity contribution in [2.45, 2.75) is 71.7 Å². The summed E-state index contributed by atoms with van der Waals surface area (Å²) < 4.78 is 6.15. The molecule has 35 heavy (non-hydrogen) atoms. The Hall–Kier alpha value is -2.99. The maximum absolute atomic E-state index is 13.0. The number of carbonyl (C=O) groups is 3. The third-order valence-corrected chi connectivity index (χ3v) is 7.80. The van der Waals surface area contributed by atoms with E-state index in [-0.39, 0.29) is 23.9 Å². The third kappa shape index (κ3) is 5.18. The molecule has 2 aromatic carbocycles. The number of Topliss-reactive ketones (excluding diaryl/α,β-unsaturated/α-hetero) is 2. The van der Waals surface area contributed by atoms with Crippen LogP contribution in [-0.2, 0) is 29.3 Å². The van der Waals surface area contributed by atoms with Gasteiger partial charge in [0, 0.05) is 24.1 Å². The summed E-state index contributed by atoms with van der Waals surface area (Å²) >= 11 is 0. The summed E-state index contributed by atoms with van der Waals surface area (Å²) in [5.41, 5.74) is 4.26. The van der Waals surface area contributed by atoms with Gasteiger partial charge in [-0.05, 0) is 61.0 Å². The van der Waals surface area contributed by atoms with Crippen LogP contribution in [0.15, 0.2) is 42.5 Å². The van der Waals surface area contributed by atoms with Crippen molar-refractivity contribution in [2.24, 2.45) is 5.41 Å². The van der Waals surface area contributed by atoms with Crippen molar-refractivity contribution in [3.8, 4) is 5.75 Å². The standard InChI is InChI=1S/C29H34N2O4/c1-29(2)12-14-30(15-13-29)17-20-6-8-21(9-7-20)19-35-27-5-3-4-23-24(27)18-31(28(23)34)25-11-10-22(32)16-26(25)33/h3-9,25H,10-19H2,1-2H3. The molecule has 1 amide bonds. The summed E-state index contributed by atoms with van der Waals surface area (Å²) in [5.74, 6) is 0.338. The zero-order valence-corrected chi connectivity index (χ0v) is 20.7. The average Bonchev–Trinajstić information content (AvgIpc) is 3.17. The fraction of sp³-hybridized carbons (Fsp3) is 0.483. The van der Waals surface area contributed by atoms with Gasteiger partial charge in [0.1, 0.15) is 18.1 Å². The molecule has 0 spiro atoms. The number of ketones is 2. The zero-order valence-electron chi connectivity index (χ0n) is 20.7. The number of hydrogen-bond acceptors (Lipinski definition) is 5. The second kappa shape index (κ2) is 9.57. The van der Waals surface area contributed by atoms with Crippen LogP contribution < -0.4 is 4.74 Å². The second-order valence-corrected chi connectivity index (χ2v) is 11.0. The second-order valence-electron chi connectivity index (χ2n) is 11.0. The predicted molar refractivity (Wildman–Crippen MR) is 133 cm³/mol. The van der Waals surface area contributed by atoms with Crippen LogP contribution >= 0.6 is 0 Å². The number of benzene rings is 2. The Labute approximate surface area is 207 Å². The maximum Gasteiger partial charge on any atom is 0.255 e. The number of rotatable bonds is 6. The molecular weight excluding hydrogens is 440 g/mol. The molecule has 1 unspecified atom stereocenters. The molecule has 3 aliphatic rings. The smallest absolute Gasteiger partial charge is 0.255 e. The Balaban J connectivity index is 1.20. The van der Waals surface area contributed by atoms with Gasteiger partial charge in [-0.25, -0.2) is 0 Å². The SMILES string of the molecule is CC1(C)CCN(Cc2ccc(COc3cccc4c3CN(C3CCC(=O)CC3=O)C4=O)cc2)CC1. The van der Waals surface area contributed by atoms with E-state index in [0.29, 0.717) is 42.7 Å². The van der Waals surface area contributed by atoms with Crippen LogP contribution in [0.25, 0.3) is 0 Å². The van der Waals surface area contributed by atoms with Gasteiger partial charge in [0.25, 0.3) is 5.91 Å². The number of nitrogens with zero attached hydrogens (tertiary/aromatic N) is 2. The summed E-state index contributed by atoms with van der Waals surface area (Å²) in [4.78, 5) is 41.2. The third-order valence-electron chi connectivity index (χ3n) is 7.80. The molecule has 1 saturated heterocycles. The van der Waals surface area contributed by atoms with Crippen LogP contribution in [-0.4, -0.2) is 46.4 Å². The van der Waals surface area contributed by atoms with E-state index in [0.717, 1.165) is 30.8 Å². The highest BCUT2D eigenvalue weighted by molar-refractivity contribution is 6.07. The van der Waals surface area contributed by atoms with Crippen LogP contribution in [0.5, 0.6) is 5.75 Å². The first-order valence-electron chi connectivity index (χ1n) is 12.7. The van der Waals surface area contributed by atoms with Gasteiger partial charge < -0.3 is 9.64 Å². The minimum absolute atomic E-state index is 0.0367. The molecule has 2 heterocycles. The number of amides is 1. The highest BCUT2D eigenvalue weighted by Gasteiger charge is 2.40. The lowest BCUT2D eigenvalue weighted by Gasteiger charge is -2.36. The van der Waals surface area contributed by atoms with E-state index in [4.69, 9.17) is 4.74 Å². The van der Waals surface area contributed by atoms with Crippen LogP contribution in [0.4, 0.5) is 0 Å². The van der Waals surface area contributed by atoms with Crippen molar-refractivity contribution in [1.82, 2.24) is 9.80 Å². The fourth-order valence-electron chi connectivity index (χ4n) is 5.38. The van der Waals surface area contributed by atoms with Gasteiger partial charge in [-0.1, -0.05) is 44.2 Å². The van der Waals surface area contributed by atoms with Gasteiger partial charge in [-0.15, -0.1) is 0 Å². The molecular formula is C29H34N2O4. The first-order valence-corrected chi connectivity index (χ1v) is 12.7. The lowest BCUT2D eigenvalue weighted by Crippen LogP contribution is -2.44. The van der Waals surface area contributed by atoms with Crippen LogP contribution in [0.2, 0.25) is 0 Å². The number of ether oxygens (including phenoxy) is 1. The fourth-order valence-corrected chi connectivity index (χ4v) is 5.38. The molecule has 6 nitrogen and oxygen atoms in total. The molecule has 0 aromatic heterocycles. The summed E-state index contributed by atoms with van der Waals surface area (Å²) in [6.45, 7) is 8.75. The molecule has 0 radical (unpaired) electrons. The molecule has 184 valence electrons. The number of piperidine rings is 1. The Bertz CT molecular complexity index is 1130. The first kappa shape index (κ1) is 23.7. The van der Waals surface area contributed by atoms with Crippen molar-refractivity contribution in [1.29, 1.82) is 0 Å². The molecule has 2 aliphatic heterocycles. The van der Waals surface area contributed by atoms with Crippen molar-refractivity contribution in [3.05, 3.63) is 64.7 Å². The topological polar surface area (TPSA) is 66.9 Å². The van der Waals surface area contributed by atoms with E-state index in [9.17, 15) is 14.4 Å². The van der Waals surface area contributed by atoms with Crippen LogP contribution in [0, 0.1) is 5.41 Å². The lowest BCUT2D eigenvalue weighted by molar-refractivity contribution is -0.133. The molecule has 1 atom stereocenters. The predicted octanol–water partition coefficient (Wildman–Crippen LogP) is 4.53. The summed E-state index contributed by atoms with van der Waals surface area (Å²) in [6, 6.07) is 13.6. The Morgan fingerprint density at radius 3 is 2.40 bits per heavy atom. The van der Waals surface area contributed by atoms with Gasteiger partial charge in [-0.2, -0.15) is 0 Å². The summed E-state index contributed by atoms with van der Waals surface area (Å²) in [7, 11) is 0. The van der Waals surface area contributed by atoms with E-state index in [1.807, 2.05) is 12.1 Å². The van der Waals surface area contributed by atoms with Crippen LogP contribution in [0.1, 0.15) is 73.0 Å². The van der Waals surface area contributed by atoms with Gasteiger partial charge in [0.15, 0.2) is 5.78 Å². The molecule has 6 heteroatoms. The Kier molecular flexibility index (Phi) is 6.49. The first-order chi connectivity index (χ1) is 16.8. The minimum atomic E-state index is -0.515. The van der Waals surface area contributed by atoms with Gasteiger partial charge >= 0.3 is 0 Å². The van der Waals surface area contributed by atoms with Crippen molar-refractivity contribution in [3.63, 3.8) is 0 Å². The molecule has 1 aliphatic carbocycles. The van der Waals surface area contributed by atoms with Gasteiger partial charge in [0.2, 0.25) is 0 Å². The van der Waals surface area contributed by atoms with Crippen LogP contribution in [0.3, 0.4) is 0 Å². The zero-order chi connectivity index (χ0) is 24.6. The molecule has 2 aromatic rings. The van der Waals surface area contributed by atoms with E-state index in [1.165, 1.54) is 18.4 Å². The number of likely N-dealkylation sites (tertiary alicyclic amines) is 1. The van der Waals surface area contributed by atoms with Crippen molar-refractivity contribution >= 4 is 17.5 Å². The van der Waals surface area contributed by atoms with E-state index >= 15 is 0 Å². The quantitative estimate of drug-likeness (QED) is 0.576. The highest BCUT2D eigenvalue weighted by Crippen LogP contribution is 2.35. The summed E-state index contributed by atoms with van der Waals surface area (Å²) in [6.07, 6.45) is 3.18. The summed E-state index contributed by atoms with van der Waals surface area (Å²) in [5, 5.41) is 0. The van der Waals surface area contributed by atoms with E-state index in [1.54, 1.807) is 11.0 Å². The minimum Gasteiger partial charge on any atom is -0.489 e. The van der Waals surface area contributed by atoms with E-state index < -0.39 is 6.04 Å². The number of fused-ring (bicyclic) bond motifs is 1. The molecule has 1 saturated carbocycles. The number of carbonyl (C=O) groups excluding carboxylic acids is 3. The molecule has 5 rings (SSSR count). The Morgan fingerprint density at radius 2 is 1.69 bits per heavy atom. The average molecular weight is 475 g/mol. The molecule has 2 fully saturated rings. The largest absolute Gasteiger partial charge is 0.489 e. The monoisotopic (exact) mass is 474 g/mol. The highest BCUT2D eigenvalue weighted by atomic mass is 16.5. The van der Waals surface area contributed by atoms with Gasteiger partial charge in [0.05, 0.1) is 19.0 Å². The maximum atomic E-state index is 13.0. The van der Waals surface area contributed by atoms with Crippen molar-refractivity contribution in [2.75, 3.05) is 13.1 Å².